The van der Waals surface area contributed by atoms with Crippen molar-refractivity contribution >= 4 is 36.4 Å². The molecule has 0 unspecified atom stereocenters. The van der Waals surface area contributed by atoms with Crippen molar-refractivity contribution in [1.82, 2.24) is 9.55 Å². The topological polar surface area (TPSA) is 17.8 Å². The largest absolute Gasteiger partial charge is 0.321 e. The number of aromatic nitrogens is 2. The lowest BCUT2D eigenvalue weighted by Crippen LogP contribution is -2.00. The van der Waals surface area contributed by atoms with Gasteiger partial charge >= 0.3 is 6.55 Å². The van der Waals surface area contributed by atoms with Gasteiger partial charge in [-0.15, -0.1) is 0 Å². The van der Waals surface area contributed by atoms with Crippen LogP contribution >= 0.6 is 30.1 Å². The van der Waals surface area contributed by atoms with Crippen molar-refractivity contribution in [3.05, 3.63) is 39.3 Å². The van der Waals surface area contributed by atoms with E-state index in [1.54, 1.807) is 12.1 Å². The van der Waals surface area contributed by atoms with Crippen LogP contribution in [-0.4, -0.2) is 29.2 Å². The quantitative estimate of drug-likeness (QED) is 0.463. The SMILES string of the molecule is C=P(C)(C)C#Cc1cc(-c2nc(C)n(C(F)F)c2Cl)c(C)cc1Cl. The molecule has 2 nitrogen and oxygen atoms in total. The molecule has 0 aliphatic carbocycles. The molecule has 1 heterocycles. The van der Waals surface area contributed by atoms with E-state index in [1.807, 2.05) is 20.3 Å². The highest BCUT2D eigenvalue weighted by Gasteiger charge is 2.21. The summed E-state index contributed by atoms with van der Waals surface area (Å²) in [6.07, 6.45) is 4.04. The molecule has 128 valence electrons. The molecule has 0 amide bonds. The van der Waals surface area contributed by atoms with Crippen molar-refractivity contribution in [2.75, 3.05) is 13.3 Å². The number of hydrogen-bond donors (Lipinski definition) is 0. The first kappa shape index (κ1) is 19.1. The Morgan fingerprint density at radius 2 is 1.88 bits per heavy atom. The van der Waals surface area contributed by atoms with Gasteiger partial charge in [-0.3, -0.25) is 4.57 Å². The highest BCUT2D eigenvalue weighted by molar-refractivity contribution is 7.77. The van der Waals surface area contributed by atoms with Crippen molar-refractivity contribution in [2.24, 2.45) is 0 Å². The highest BCUT2D eigenvalue weighted by atomic mass is 35.5. The molecule has 2 rings (SSSR count). The molecule has 0 aliphatic rings. The van der Waals surface area contributed by atoms with Gasteiger partial charge in [-0.1, -0.05) is 41.1 Å². The van der Waals surface area contributed by atoms with E-state index in [9.17, 15) is 8.78 Å². The molecule has 0 aliphatic heterocycles. The number of hydrogen-bond acceptors (Lipinski definition) is 1. The van der Waals surface area contributed by atoms with Gasteiger partial charge in [-0.25, -0.2) is 4.98 Å². The second kappa shape index (κ2) is 6.92. The Hall–Kier alpha value is -1.27. The summed E-state index contributed by atoms with van der Waals surface area (Å²) in [5.74, 6) is 3.18. The van der Waals surface area contributed by atoms with Crippen LogP contribution in [0.15, 0.2) is 12.1 Å². The zero-order valence-electron chi connectivity index (χ0n) is 13.8. The molecule has 24 heavy (non-hydrogen) atoms. The van der Waals surface area contributed by atoms with Gasteiger partial charge in [-0.2, -0.15) is 8.78 Å². The average molecular weight is 389 g/mol. The molecule has 0 fully saturated rings. The third kappa shape index (κ3) is 4.03. The maximum Gasteiger partial charge on any atom is 0.321 e. The third-order valence-corrected chi connectivity index (χ3v) is 4.68. The fourth-order valence-corrected chi connectivity index (χ4v) is 3.18. The summed E-state index contributed by atoms with van der Waals surface area (Å²) in [6.45, 7) is 3.01. The van der Waals surface area contributed by atoms with Crippen molar-refractivity contribution in [2.45, 2.75) is 20.4 Å². The Kier molecular flexibility index (Phi) is 5.50. The molecule has 2 aromatic rings. The van der Waals surface area contributed by atoms with E-state index in [0.717, 1.165) is 5.56 Å². The molecule has 0 bridgehead atoms. The van der Waals surface area contributed by atoms with Crippen LogP contribution in [0.25, 0.3) is 11.3 Å². The monoisotopic (exact) mass is 388 g/mol. The second-order valence-electron chi connectivity index (χ2n) is 6.01. The summed E-state index contributed by atoms with van der Waals surface area (Å²) in [4.78, 5) is 4.20. The van der Waals surface area contributed by atoms with Crippen LogP contribution < -0.4 is 0 Å². The van der Waals surface area contributed by atoms with Gasteiger partial charge in [-0.05, 0) is 51.8 Å². The lowest BCUT2D eigenvalue weighted by Gasteiger charge is -2.08. The fourth-order valence-electron chi connectivity index (χ4n) is 2.15. The minimum atomic E-state index is -2.75. The van der Waals surface area contributed by atoms with Gasteiger partial charge in [0.05, 0.1) is 5.02 Å². The predicted molar refractivity (Wildman–Crippen MR) is 101 cm³/mol. The standard InChI is InChI=1S/C17H17Cl2F2N2P/c1-10-8-14(18)12(6-7-24(3,4)5)9-13(10)15-16(19)23(17(20)21)11(2)22-15/h8-9,17H,3H2,1-2,4-5H3. The van der Waals surface area contributed by atoms with Crippen LogP contribution in [-0.2, 0) is 0 Å². The van der Waals surface area contributed by atoms with Gasteiger partial charge in [0, 0.05) is 11.1 Å². The van der Waals surface area contributed by atoms with Crippen LogP contribution in [0.3, 0.4) is 0 Å². The van der Waals surface area contributed by atoms with E-state index in [4.69, 9.17) is 23.2 Å². The predicted octanol–water partition coefficient (Wildman–Crippen LogP) is 5.89. The molecule has 0 N–H and O–H groups in total. The van der Waals surface area contributed by atoms with Gasteiger partial charge in [0.15, 0.2) is 0 Å². The van der Waals surface area contributed by atoms with E-state index >= 15 is 0 Å². The summed E-state index contributed by atoms with van der Waals surface area (Å²) in [5, 5.41) is 0.398. The summed E-state index contributed by atoms with van der Waals surface area (Å²) >= 11 is 12.4. The summed E-state index contributed by atoms with van der Waals surface area (Å²) in [6, 6.07) is 3.48. The van der Waals surface area contributed by atoms with Gasteiger partial charge in [0.1, 0.15) is 16.7 Å². The summed E-state index contributed by atoms with van der Waals surface area (Å²) in [5.41, 5.74) is 5.44. The molecule has 0 spiro atoms. The lowest BCUT2D eigenvalue weighted by molar-refractivity contribution is 0.0683. The zero-order chi connectivity index (χ0) is 18.2. The minimum Gasteiger partial charge on any atom is -0.260 e. The number of aryl methyl sites for hydroxylation is 2. The summed E-state index contributed by atoms with van der Waals surface area (Å²) in [7, 11) is 0. The van der Waals surface area contributed by atoms with E-state index < -0.39 is 13.4 Å². The molecule has 7 heteroatoms. The first-order valence-electron chi connectivity index (χ1n) is 7.06. The fraction of sp³-hybridized carbons (Fsp3) is 0.294. The van der Waals surface area contributed by atoms with E-state index in [-0.39, 0.29) is 11.0 Å². The smallest absolute Gasteiger partial charge is 0.260 e. The highest BCUT2D eigenvalue weighted by Crippen LogP contribution is 2.36. The number of halogens is 4. The van der Waals surface area contributed by atoms with E-state index in [0.29, 0.717) is 26.4 Å². The molecule has 0 radical (unpaired) electrons. The maximum absolute atomic E-state index is 13.1. The molecule has 0 saturated heterocycles. The van der Waals surface area contributed by atoms with Crippen LogP contribution in [0.1, 0.15) is 23.5 Å². The normalized spacial score (nSPS) is 11.5. The van der Waals surface area contributed by atoms with Crippen molar-refractivity contribution in [1.29, 1.82) is 0 Å². The van der Waals surface area contributed by atoms with Gasteiger partial charge in [0.2, 0.25) is 0 Å². The van der Waals surface area contributed by atoms with Crippen molar-refractivity contribution in [3.63, 3.8) is 0 Å². The first-order chi connectivity index (χ1) is 11.0. The summed E-state index contributed by atoms with van der Waals surface area (Å²) < 4.78 is 26.9. The molecular formula is C17H17Cl2F2N2P. The average Bonchev–Trinajstić information content (AvgIpc) is 2.72. The Bertz CT molecular complexity index is 902. The number of alkyl halides is 2. The lowest BCUT2D eigenvalue weighted by atomic mass is 10.0. The number of benzene rings is 1. The van der Waals surface area contributed by atoms with Crippen LogP contribution in [0, 0.1) is 25.4 Å². The van der Waals surface area contributed by atoms with Gasteiger partial charge in [0.25, 0.3) is 0 Å². The Labute approximate surface area is 150 Å². The van der Waals surface area contributed by atoms with E-state index in [1.165, 1.54) is 6.92 Å². The molecule has 0 atom stereocenters. The van der Waals surface area contributed by atoms with Crippen LogP contribution in [0.2, 0.25) is 10.2 Å². The Morgan fingerprint density at radius 3 is 2.38 bits per heavy atom. The Morgan fingerprint density at radius 1 is 1.25 bits per heavy atom. The maximum atomic E-state index is 13.1. The molecular weight excluding hydrogens is 372 g/mol. The second-order valence-corrected chi connectivity index (χ2v) is 10.4. The number of rotatable bonds is 2. The molecule has 1 aromatic heterocycles. The molecule has 0 saturated carbocycles. The third-order valence-electron chi connectivity index (χ3n) is 3.29. The van der Waals surface area contributed by atoms with Crippen molar-refractivity contribution in [3.8, 4) is 22.8 Å². The van der Waals surface area contributed by atoms with Crippen LogP contribution in [0.5, 0.6) is 0 Å². The van der Waals surface area contributed by atoms with Crippen LogP contribution in [0.4, 0.5) is 8.78 Å². The number of nitrogens with zero attached hydrogens (tertiary/aromatic N) is 2. The molecule has 1 aromatic carbocycles. The number of imidazole rings is 1. The first-order valence-corrected chi connectivity index (χ1v) is 10.7. The van der Waals surface area contributed by atoms with E-state index in [2.05, 4.69) is 22.9 Å². The van der Waals surface area contributed by atoms with Gasteiger partial charge < -0.3 is 0 Å². The Balaban J connectivity index is 2.66. The zero-order valence-corrected chi connectivity index (χ0v) is 16.2. The van der Waals surface area contributed by atoms with Crippen molar-refractivity contribution < 1.29 is 8.78 Å². The minimum absolute atomic E-state index is 0.100.